The number of hydrogen-bond acceptors (Lipinski definition) is 9. The average Bonchev–Trinajstić information content (AvgIpc) is 3.04. The zero-order chi connectivity index (χ0) is 22.9. The van der Waals surface area contributed by atoms with Crippen LogP contribution in [-0.4, -0.2) is 37.3 Å². The lowest BCUT2D eigenvalue weighted by Gasteiger charge is -2.08. The molecular formula is C16H9Cl2N7O5S. The summed E-state index contributed by atoms with van der Waals surface area (Å²) in [6.45, 7) is 0. The van der Waals surface area contributed by atoms with Crippen LogP contribution >= 0.6 is 35.4 Å². The van der Waals surface area contributed by atoms with E-state index in [1.54, 1.807) is 0 Å². The summed E-state index contributed by atoms with van der Waals surface area (Å²) in [7, 11) is 0. The molecule has 0 saturated heterocycles. The van der Waals surface area contributed by atoms with E-state index in [1.165, 1.54) is 24.3 Å². The third-order valence-electron chi connectivity index (χ3n) is 3.90. The Morgan fingerprint density at radius 1 is 1.10 bits per heavy atom. The number of nitrogens with zero attached hydrogens (tertiary/aromatic N) is 5. The van der Waals surface area contributed by atoms with Crippen LogP contribution in [0, 0.1) is 20.2 Å². The quantitative estimate of drug-likeness (QED) is 0.372. The summed E-state index contributed by atoms with van der Waals surface area (Å²) in [5.74, 6) is -0.775. The Labute approximate surface area is 188 Å². The molecule has 12 nitrogen and oxygen atoms in total. The predicted molar refractivity (Wildman–Crippen MR) is 117 cm³/mol. The summed E-state index contributed by atoms with van der Waals surface area (Å²) in [6, 6.07) is 7.29. The summed E-state index contributed by atoms with van der Waals surface area (Å²) in [5.41, 5.74) is 7.61. The molecule has 31 heavy (non-hydrogen) atoms. The number of non-ortho nitro benzene ring substituents is 2. The lowest BCUT2D eigenvalue weighted by atomic mass is 10.1. The Morgan fingerprint density at radius 3 is 2.13 bits per heavy atom. The highest BCUT2D eigenvalue weighted by atomic mass is 35.5. The fraction of sp³-hybridized carbons (Fsp3) is 0. The van der Waals surface area contributed by atoms with E-state index in [-0.39, 0.29) is 43.6 Å². The molecule has 15 heteroatoms. The molecule has 0 unspecified atom stereocenters. The van der Waals surface area contributed by atoms with Crippen LogP contribution in [-0.2, 0) is 4.79 Å². The SMILES string of the molecule is NC(=S)N1N=C(c2ccc([N+](=O)[O-])cc2)/C(=N\Nc2c(Cl)cc([N+](=O)[O-])cc2Cl)C1=O. The highest BCUT2D eigenvalue weighted by Crippen LogP contribution is 2.34. The minimum atomic E-state index is -0.775. The van der Waals surface area contributed by atoms with Crippen molar-refractivity contribution in [1.82, 2.24) is 5.01 Å². The van der Waals surface area contributed by atoms with Gasteiger partial charge in [-0.3, -0.25) is 30.4 Å². The second-order valence-corrected chi connectivity index (χ2v) is 7.05. The molecule has 1 aliphatic rings. The van der Waals surface area contributed by atoms with Crippen molar-refractivity contribution in [3.8, 4) is 0 Å². The molecule has 0 spiro atoms. The van der Waals surface area contributed by atoms with E-state index in [0.29, 0.717) is 5.56 Å². The van der Waals surface area contributed by atoms with Gasteiger partial charge in [-0.2, -0.15) is 15.2 Å². The molecule has 0 aromatic heterocycles. The number of hydrazone groups is 2. The maximum Gasteiger partial charge on any atom is 0.303 e. The normalized spacial score (nSPS) is 14.5. The number of halogens is 2. The Kier molecular flexibility index (Phi) is 6.10. The second kappa shape index (κ2) is 8.59. The van der Waals surface area contributed by atoms with Crippen molar-refractivity contribution in [3.05, 3.63) is 72.2 Å². The van der Waals surface area contributed by atoms with E-state index in [4.69, 9.17) is 41.2 Å². The fourth-order valence-corrected chi connectivity index (χ4v) is 3.15. The number of nitrogens with two attached hydrogens (primary N) is 1. The topological polar surface area (TPSA) is 169 Å². The van der Waals surface area contributed by atoms with Crippen molar-refractivity contribution < 1.29 is 14.6 Å². The van der Waals surface area contributed by atoms with Crippen molar-refractivity contribution in [2.45, 2.75) is 0 Å². The third kappa shape index (κ3) is 4.42. The van der Waals surface area contributed by atoms with Crippen LogP contribution in [0.5, 0.6) is 0 Å². The van der Waals surface area contributed by atoms with Gasteiger partial charge in [0.1, 0.15) is 5.71 Å². The Hall–Kier alpha value is -3.68. The van der Waals surface area contributed by atoms with Gasteiger partial charge in [0.25, 0.3) is 11.4 Å². The molecule has 1 aliphatic heterocycles. The number of thiocarbonyl (C=S) groups is 1. The number of nitro benzene ring substituents is 2. The molecule has 0 fully saturated rings. The van der Waals surface area contributed by atoms with Crippen LogP contribution < -0.4 is 11.2 Å². The van der Waals surface area contributed by atoms with E-state index in [9.17, 15) is 25.0 Å². The number of amides is 1. The first-order valence-electron chi connectivity index (χ1n) is 8.05. The van der Waals surface area contributed by atoms with Gasteiger partial charge in [0.15, 0.2) is 10.8 Å². The van der Waals surface area contributed by atoms with E-state index in [0.717, 1.165) is 17.1 Å². The van der Waals surface area contributed by atoms with Crippen molar-refractivity contribution in [2.24, 2.45) is 15.9 Å². The number of carbonyl (C=O) groups is 1. The number of hydrogen-bond donors (Lipinski definition) is 2. The number of nitrogens with one attached hydrogen (secondary N) is 1. The smallest absolute Gasteiger partial charge is 0.303 e. The van der Waals surface area contributed by atoms with Crippen LogP contribution in [0.1, 0.15) is 5.56 Å². The number of benzene rings is 2. The van der Waals surface area contributed by atoms with Gasteiger partial charge in [-0.05, 0) is 24.4 Å². The first-order valence-corrected chi connectivity index (χ1v) is 9.21. The molecule has 0 bridgehead atoms. The van der Waals surface area contributed by atoms with Crippen LogP contribution in [0.4, 0.5) is 17.1 Å². The highest BCUT2D eigenvalue weighted by Gasteiger charge is 2.35. The molecule has 0 atom stereocenters. The fourth-order valence-electron chi connectivity index (χ4n) is 2.46. The largest absolute Gasteiger partial charge is 0.374 e. The molecule has 2 aromatic rings. The molecule has 0 radical (unpaired) electrons. The van der Waals surface area contributed by atoms with Crippen molar-refractivity contribution >= 4 is 74.9 Å². The maximum atomic E-state index is 12.6. The van der Waals surface area contributed by atoms with Gasteiger partial charge in [0.05, 0.1) is 25.6 Å². The Bertz CT molecular complexity index is 1180. The average molecular weight is 482 g/mol. The molecule has 0 aliphatic carbocycles. The Morgan fingerprint density at radius 2 is 1.65 bits per heavy atom. The van der Waals surface area contributed by atoms with Gasteiger partial charge in [-0.25, -0.2) is 0 Å². The minimum absolute atomic E-state index is 0.00561. The highest BCUT2D eigenvalue weighted by molar-refractivity contribution is 7.80. The van der Waals surface area contributed by atoms with E-state index in [2.05, 4.69) is 15.6 Å². The van der Waals surface area contributed by atoms with Gasteiger partial charge in [0, 0.05) is 29.8 Å². The number of carbonyl (C=O) groups excluding carboxylic acids is 1. The van der Waals surface area contributed by atoms with Crippen molar-refractivity contribution in [1.29, 1.82) is 0 Å². The molecule has 158 valence electrons. The van der Waals surface area contributed by atoms with Gasteiger partial charge < -0.3 is 5.73 Å². The lowest BCUT2D eigenvalue weighted by Crippen LogP contribution is -2.36. The zero-order valence-electron chi connectivity index (χ0n) is 15.0. The van der Waals surface area contributed by atoms with E-state index >= 15 is 0 Å². The summed E-state index contributed by atoms with van der Waals surface area (Å²) < 4.78 is 0. The number of anilines is 1. The van der Waals surface area contributed by atoms with Crippen molar-refractivity contribution in [2.75, 3.05) is 5.43 Å². The van der Waals surface area contributed by atoms with Gasteiger partial charge >= 0.3 is 5.91 Å². The van der Waals surface area contributed by atoms with E-state index < -0.39 is 15.8 Å². The monoisotopic (exact) mass is 481 g/mol. The van der Waals surface area contributed by atoms with Crippen LogP contribution in [0.2, 0.25) is 10.0 Å². The predicted octanol–water partition coefficient (Wildman–Crippen LogP) is 3.07. The van der Waals surface area contributed by atoms with Crippen LogP contribution in [0.25, 0.3) is 0 Å². The van der Waals surface area contributed by atoms with Gasteiger partial charge in [0.2, 0.25) is 0 Å². The molecule has 0 saturated carbocycles. The van der Waals surface area contributed by atoms with Crippen molar-refractivity contribution in [3.63, 3.8) is 0 Å². The van der Waals surface area contributed by atoms with Crippen LogP contribution in [0.3, 0.4) is 0 Å². The maximum absolute atomic E-state index is 12.6. The first kappa shape index (κ1) is 22.0. The molecule has 3 rings (SSSR count). The standard InChI is InChI=1S/C16H9Cl2N7O5S/c17-10-5-9(25(29)30)6-11(18)13(10)20-21-14-12(22-23(15(14)26)16(19)31)7-1-3-8(4-2-7)24(27)28/h1-6,20H,(H2,19,31)/b21-14+. The summed E-state index contributed by atoms with van der Waals surface area (Å²) in [4.78, 5) is 33.2. The van der Waals surface area contributed by atoms with E-state index in [1.807, 2.05) is 0 Å². The summed E-state index contributed by atoms with van der Waals surface area (Å²) in [5, 5.41) is 29.9. The summed E-state index contributed by atoms with van der Waals surface area (Å²) >= 11 is 16.9. The zero-order valence-corrected chi connectivity index (χ0v) is 17.3. The molecule has 3 N–H and O–H groups in total. The second-order valence-electron chi connectivity index (χ2n) is 5.82. The third-order valence-corrected chi connectivity index (χ3v) is 4.67. The van der Waals surface area contributed by atoms with Crippen LogP contribution in [0.15, 0.2) is 46.6 Å². The molecular weight excluding hydrogens is 473 g/mol. The lowest BCUT2D eigenvalue weighted by molar-refractivity contribution is -0.385. The Balaban J connectivity index is 2.01. The molecule has 1 amide bonds. The number of nitro groups is 2. The minimum Gasteiger partial charge on any atom is -0.374 e. The first-order chi connectivity index (χ1) is 14.6. The molecule has 1 heterocycles. The summed E-state index contributed by atoms with van der Waals surface area (Å²) in [6.07, 6.45) is 0. The van der Waals surface area contributed by atoms with Gasteiger partial charge in [-0.15, -0.1) is 0 Å². The number of rotatable bonds is 5. The van der Waals surface area contributed by atoms with Gasteiger partial charge in [-0.1, -0.05) is 23.2 Å². The molecule has 2 aromatic carbocycles.